The molecular formula is C19H23NO. The third-order valence-corrected chi connectivity index (χ3v) is 4.65. The van der Waals surface area contributed by atoms with Crippen LogP contribution in [0.25, 0.3) is 0 Å². The molecule has 2 aromatic carbocycles. The monoisotopic (exact) mass is 281 g/mol. The second-order valence-electron chi connectivity index (χ2n) is 5.97. The van der Waals surface area contributed by atoms with Crippen LogP contribution < -0.4 is 9.64 Å². The van der Waals surface area contributed by atoms with Crippen LogP contribution in [0.4, 0.5) is 11.4 Å². The van der Waals surface area contributed by atoms with E-state index in [4.69, 9.17) is 4.74 Å². The molecule has 0 radical (unpaired) electrons. The van der Waals surface area contributed by atoms with Gasteiger partial charge in [0.1, 0.15) is 5.75 Å². The van der Waals surface area contributed by atoms with Gasteiger partial charge in [0.05, 0.1) is 7.11 Å². The number of ether oxygens (including phenoxy) is 1. The van der Waals surface area contributed by atoms with Crippen molar-refractivity contribution < 1.29 is 4.74 Å². The minimum absolute atomic E-state index is 0.520. The minimum Gasteiger partial charge on any atom is -0.497 e. The van der Waals surface area contributed by atoms with Crippen LogP contribution in [-0.4, -0.2) is 13.2 Å². The first-order chi connectivity index (χ1) is 10.1. The normalized spacial score (nSPS) is 17.5. The molecule has 0 spiro atoms. The SMILES string of the molecule is COc1ccc(N2c3c(ccc(C)c3C)CCC2C)cc1. The molecule has 0 saturated carbocycles. The van der Waals surface area contributed by atoms with E-state index >= 15 is 0 Å². The average molecular weight is 281 g/mol. The van der Waals surface area contributed by atoms with Crippen molar-refractivity contribution in [1.29, 1.82) is 0 Å². The minimum atomic E-state index is 0.520. The third-order valence-electron chi connectivity index (χ3n) is 4.65. The maximum Gasteiger partial charge on any atom is 0.119 e. The number of methoxy groups -OCH3 is 1. The van der Waals surface area contributed by atoms with Gasteiger partial charge < -0.3 is 9.64 Å². The molecule has 0 saturated heterocycles. The van der Waals surface area contributed by atoms with Gasteiger partial charge in [-0.2, -0.15) is 0 Å². The molecule has 3 rings (SSSR count). The Kier molecular flexibility index (Phi) is 3.62. The predicted molar refractivity (Wildman–Crippen MR) is 88.8 cm³/mol. The third kappa shape index (κ3) is 2.39. The Morgan fingerprint density at radius 3 is 2.43 bits per heavy atom. The lowest BCUT2D eigenvalue weighted by molar-refractivity contribution is 0.415. The van der Waals surface area contributed by atoms with Crippen LogP contribution in [0, 0.1) is 13.8 Å². The van der Waals surface area contributed by atoms with Crippen LogP contribution >= 0.6 is 0 Å². The average Bonchev–Trinajstić information content (AvgIpc) is 2.51. The highest BCUT2D eigenvalue weighted by molar-refractivity contribution is 5.73. The molecule has 0 bridgehead atoms. The highest BCUT2D eigenvalue weighted by atomic mass is 16.5. The lowest BCUT2D eigenvalue weighted by Gasteiger charge is -2.38. The summed E-state index contributed by atoms with van der Waals surface area (Å²) in [5, 5.41) is 0. The summed E-state index contributed by atoms with van der Waals surface area (Å²) in [4.78, 5) is 2.49. The van der Waals surface area contributed by atoms with E-state index in [1.807, 2.05) is 12.1 Å². The van der Waals surface area contributed by atoms with Gasteiger partial charge in [-0.05, 0) is 74.6 Å². The molecule has 1 aliphatic heterocycles. The van der Waals surface area contributed by atoms with Crippen molar-refractivity contribution in [1.82, 2.24) is 0 Å². The van der Waals surface area contributed by atoms with Crippen LogP contribution in [0.3, 0.4) is 0 Å². The zero-order valence-electron chi connectivity index (χ0n) is 13.3. The summed E-state index contributed by atoms with van der Waals surface area (Å²) >= 11 is 0. The lowest BCUT2D eigenvalue weighted by atomic mass is 9.91. The van der Waals surface area contributed by atoms with E-state index in [0.717, 1.165) is 5.75 Å². The standard InChI is InChI=1S/C19H23NO/c1-13-5-7-16-8-6-14(2)20(19(16)15(13)3)17-9-11-18(21-4)12-10-17/h5,7,9-12,14H,6,8H2,1-4H3. The first kappa shape index (κ1) is 14.0. The number of benzene rings is 2. The van der Waals surface area contributed by atoms with Crippen molar-refractivity contribution in [2.45, 2.75) is 39.7 Å². The van der Waals surface area contributed by atoms with E-state index in [1.165, 1.54) is 40.9 Å². The van der Waals surface area contributed by atoms with Crippen molar-refractivity contribution in [3.63, 3.8) is 0 Å². The summed E-state index contributed by atoms with van der Waals surface area (Å²) in [5.74, 6) is 0.907. The number of aryl methyl sites for hydroxylation is 2. The number of rotatable bonds is 2. The van der Waals surface area contributed by atoms with Gasteiger partial charge in [0.15, 0.2) is 0 Å². The second-order valence-corrected chi connectivity index (χ2v) is 5.97. The quantitative estimate of drug-likeness (QED) is 0.785. The molecule has 1 unspecified atom stereocenters. The van der Waals surface area contributed by atoms with Crippen molar-refractivity contribution in [3.05, 3.63) is 53.1 Å². The molecule has 110 valence electrons. The summed E-state index contributed by atoms with van der Waals surface area (Å²) < 4.78 is 5.28. The second kappa shape index (κ2) is 5.44. The van der Waals surface area contributed by atoms with Gasteiger partial charge in [-0.25, -0.2) is 0 Å². The molecule has 1 aliphatic rings. The fourth-order valence-electron chi connectivity index (χ4n) is 3.23. The maximum atomic E-state index is 5.28. The number of hydrogen-bond donors (Lipinski definition) is 0. The molecule has 21 heavy (non-hydrogen) atoms. The fourth-order valence-corrected chi connectivity index (χ4v) is 3.23. The van der Waals surface area contributed by atoms with Crippen LogP contribution in [0.15, 0.2) is 36.4 Å². The Hall–Kier alpha value is -1.96. The predicted octanol–water partition coefficient (Wildman–Crippen LogP) is 4.78. The number of anilines is 2. The van der Waals surface area contributed by atoms with Gasteiger partial charge in [0.25, 0.3) is 0 Å². The van der Waals surface area contributed by atoms with Gasteiger partial charge in [-0.15, -0.1) is 0 Å². The molecule has 2 nitrogen and oxygen atoms in total. The molecule has 1 heterocycles. The van der Waals surface area contributed by atoms with Crippen LogP contribution in [-0.2, 0) is 6.42 Å². The summed E-state index contributed by atoms with van der Waals surface area (Å²) in [6.07, 6.45) is 2.37. The zero-order valence-corrected chi connectivity index (χ0v) is 13.3. The summed E-state index contributed by atoms with van der Waals surface area (Å²) in [6.45, 7) is 6.75. The largest absolute Gasteiger partial charge is 0.497 e. The van der Waals surface area contributed by atoms with E-state index in [-0.39, 0.29) is 0 Å². The Bertz CT molecular complexity index is 645. The topological polar surface area (TPSA) is 12.5 Å². The molecule has 0 N–H and O–H groups in total. The number of nitrogens with zero attached hydrogens (tertiary/aromatic N) is 1. The molecular weight excluding hydrogens is 258 g/mol. The summed E-state index contributed by atoms with van der Waals surface area (Å²) in [7, 11) is 1.71. The van der Waals surface area contributed by atoms with Crippen molar-refractivity contribution >= 4 is 11.4 Å². The van der Waals surface area contributed by atoms with Crippen LogP contribution in [0.1, 0.15) is 30.0 Å². The highest BCUT2D eigenvalue weighted by Gasteiger charge is 2.26. The fraction of sp³-hybridized carbons (Fsp3) is 0.368. The van der Waals surface area contributed by atoms with E-state index < -0.39 is 0 Å². The van der Waals surface area contributed by atoms with Crippen LogP contribution in [0.2, 0.25) is 0 Å². The molecule has 0 amide bonds. The zero-order chi connectivity index (χ0) is 15.0. The van der Waals surface area contributed by atoms with E-state index in [9.17, 15) is 0 Å². The first-order valence-electron chi connectivity index (χ1n) is 7.64. The molecule has 0 aliphatic carbocycles. The molecule has 2 heteroatoms. The molecule has 0 aromatic heterocycles. The van der Waals surface area contributed by atoms with E-state index in [2.05, 4.69) is 49.9 Å². The van der Waals surface area contributed by atoms with Crippen molar-refractivity contribution in [2.24, 2.45) is 0 Å². The van der Waals surface area contributed by atoms with Gasteiger partial charge in [0.2, 0.25) is 0 Å². The van der Waals surface area contributed by atoms with Gasteiger partial charge >= 0.3 is 0 Å². The van der Waals surface area contributed by atoms with Crippen molar-refractivity contribution in [3.8, 4) is 5.75 Å². The number of fused-ring (bicyclic) bond motifs is 1. The Labute approximate surface area is 127 Å². The summed E-state index contributed by atoms with van der Waals surface area (Å²) in [6, 6.07) is 13.5. The summed E-state index contributed by atoms with van der Waals surface area (Å²) in [5.41, 5.74) is 6.88. The van der Waals surface area contributed by atoms with E-state index in [0.29, 0.717) is 6.04 Å². The Balaban J connectivity index is 2.11. The van der Waals surface area contributed by atoms with Crippen molar-refractivity contribution in [2.75, 3.05) is 12.0 Å². The van der Waals surface area contributed by atoms with Gasteiger partial charge in [0, 0.05) is 17.4 Å². The molecule has 2 aromatic rings. The van der Waals surface area contributed by atoms with Gasteiger partial charge in [-0.3, -0.25) is 0 Å². The Morgan fingerprint density at radius 2 is 1.76 bits per heavy atom. The highest BCUT2D eigenvalue weighted by Crippen LogP contribution is 2.40. The molecule has 0 fully saturated rings. The number of hydrogen-bond acceptors (Lipinski definition) is 2. The van der Waals surface area contributed by atoms with Crippen LogP contribution in [0.5, 0.6) is 5.75 Å². The Morgan fingerprint density at radius 1 is 1.05 bits per heavy atom. The van der Waals surface area contributed by atoms with E-state index in [1.54, 1.807) is 7.11 Å². The smallest absolute Gasteiger partial charge is 0.119 e. The molecule has 1 atom stereocenters. The van der Waals surface area contributed by atoms with Gasteiger partial charge in [-0.1, -0.05) is 12.1 Å². The first-order valence-corrected chi connectivity index (χ1v) is 7.64. The lowest BCUT2D eigenvalue weighted by Crippen LogP contribution is -2.34. The maximum absolute atomic E-state index is 5.28.